The maximum Gasteiger partial charge on any atom is 0.105 e. The highest BCUT2D eigenvalue weighted by Crippen LogP contribution is 1.69. The summed E-state index contributed by atoms with van der Waals surface area (Å²) in [6.07, 6.45) is -0.819. The van der Waals surface area contributed by atoms with Crippen LogP contribution < -0.4 is 0 Å². The Balaban J connectivity index is 2.96. The van der Waals surface area contributed by atoms with Crippen LogP contribution in [0, 0.1) is 0 Å². The number of aliphatic hydroxyl groups excluding tert-OH is 2. The van der Waals surface area contributed by atoms with E-state index in [9.17, 15) is 0 Å². The second kappa shape index (κ2) is 3.21. The molecule has 6 heavy (non-hydrogen) atoms. The molecule has 2 nitrogen and oxygen atoms in total. The number of hydrogen-bond donors (Lipinski definition) is 2. The van der Waals surface area contributed by atoms with Crippen LogP contribution >= 0.6 is 12.2 Å². The molecule has 0 saturated carbocycles. The fraction of sp³-hybridized carbons (Fsp3) is 0.667. The van der Waals surface area contributed by atoms with E-state index in [1.165, 1.54) is 0 Å². The fourth-order valence-electron chi connectivity index (χ4n) is 0.0430. The summed E-state index contributed by atoms with van der Waals surface area (Å²) in [6.45, 7) is -0.274. The lowest BCUT2D eigenvalue weighted by Crippen LogP contribution is -2.10. The monoisotopic (exact) mass is 106 g/mol. The van der Waals surface area contributed by atoms with E-state index in [4.69, 9.17) is 10.2 Å². The minimum atomic E-state index is -0.819. The quantitative estimate of drug-likeness (QED) is 0.459. The highest BCUT2D eigenvalue weighted by atomic mass is 32.1. The molecule has 0 aromatic carbocycles. The van der Waals surface area contributed by atoms with E-state index in [1.807, 2.05) is 0 Å². The fourth-order valence-corrected chi connectivity index (χ4v) is 0.129. The van der Waals surface area contributed by atoms with Crippen LogP contribution in [-0.2, 0) is 0 Å². The van der Waals surface area contributed by atoms with Crippen molar-refractivity contribution in [2.24, 2.45) is 0 Å². The van der Waals surface area contributed by atoms with Gasteiger partial charge in [-0.2, -0.15) is 0 Å². The summed E-state index contributed by atoms with van der Waals surface area (Å²) in [6, 6.07) is 0. The smallest absolute Gasteiger partial charge is 0.105 e. The van der Waals surface area contributed by atoms with Crippen LogP contribution in [-0.4, -0.2) is 28.3 Å². The Morgan fingerprint density at radius 3 is 2.33 bits per heavy atom. The summed E-state index contributed by atoms with van der Waals surface area (Å²) in [5.41, 5.74) is 0. The summed E-state index contributed by atoms with van der Waals surface area (Å²) in [5, 5.41) is 17.4. The van der Waals surface area contributed by atoms with Gasteiger partial charge < -0.3 is 10.2 Å². The van der Waals surface area contributed by atoms with Gasteiger partial charge in [-0.3, -0.25) is 0 Å². The molecule has 0 heterocycles. The first kappa shape index (κ1) is 6.01. The molecule has 0 spiro atoms. The molecule has 0 aliphatic carbocycles. The Morgan fingerprint density at radius 1 is 1.83 bits per heavy atom. The molecule has 0 aliphatic rings. The molecule has 36 valence electrons. The molecule has 0 aromatic rings. The molecule has 0 fully saturated rings. The lowest BCUT2D eigenvalue weighted by molar-refractivity contribution is 0.149. The molecular weight excluding hydrogens is 100 g/mol. The maximum atomic E-state index is 8.26. The molecule has 0 amide bonds. The molecule has 0 radical (unpaired) electrons. The predicted octanol–water partition coefficient (Wildman–Crippen LogP) is -0.661. The molecule has 2 N–H and O–H groups in total. The van der Waals surface area contributed by atoms with Gasteiger partial charge in [0.05, 0.1) is 6.61 Å². The first-order chi connectivity index (χ1) is 2.81. The minimum Gasteiger partial charge on any atom is -0.393 e. The van der Waals surface area contributed by atoms with Crippen molar-refractivity contribution in [2.75, 3.05) is 6.61 Å². The van der Waals surface area contributed by atoms with Gasteiger partial charge in [-0.15, -0.1) is 0 Å². The normalized spacial score (nSPS) is 13.7. The summed E-state index contributed by atoms with van der Waals surface area (Å²) in [4.78, 5) is 0. The van der Waals surface area contributed by atoms with Crippen molar-refractivity contribution in [1.29, 1.82) is 0 Å². The molecule has 3 heteroatoms. The van der Waals surface area contributed by atoms with Crippen LogP contribution in [0.1, 0.15) is 0 Å². The highest BCUT2D eigenvalue weighted by Gasteiger charge is 1.89. The summed E-state index contributed by atoms with van der Waals surface area (Å²) < 4.78 is 0. The van der Waals surface area contributed by atoms with E-state index < -0.39 is 6.10 Å². The molecule has 0 aromatic heterocycles. The second-order valence-corrected chi connectivity index (χ2v) is 1.16. The van der Waals surface area contributed by atoms with Crippen molar-refractivity contribution in [2.45, 2.75) is 6.10 Å². The molecule has 0 bridgehead atoms. The molecule has 0 unspecified atom stereocenters. The minimum absolute atomic E-state index is 0.274. The van der Waals surface area contributed by atoms with E-state index in [0.29, 0.717) is 0 Å². The Kier molecular flexibility index (Phi) is 3.21. The lowest BCUT2D eigenvalue weighted by Gasteiger charge is -1.91. The van der Waals surface area contributed by atoms with Gasteiger partial charge in [0, 0.05) is 5.37 Å². The predicted molar refractivity (Wildman–Crippen MR) is 26.7 cm³/mol. The van der Waals surface area contributed by atoms with Crippen molar-refractivity contribution in [3.8, 4) is 0 Å². The summed E-state index contributed by atoms with van der Waals surface area (Å²) in [5.74, 6) is 0. The van der Waals surface area contributed by atoms with E-state index in [2.05, 4.69) is 12.2 Å². The molecule has 0 rings (SSSR count). The van der Waals surface area contributed by atoms with Crippen LogP contribution in [0.2, 0.25) is 0 Å². The van der Waals surface area contributed by atoms with Gasteiger partial charge in [-0.25, -0.2) is 0 Å². The average Bonchev–Trinajstić information content (AvgIpc) is 1.65. The van der Waals surface area contributed by atoms with Crippen molar-refractivity contribution in [3.63, 3.8) is 0 Å². The summed E-state index contributed by atoms with van der Waals surface area (Å²) >= 11 is 4.24. The summed E-state index contributed by atoms with van der Waals surface area (Å²) in [7, 11) is 0. The first-order valence-electron chi connectivity index (χ1n) is 1.55. The number of hydrogen-bond acceptors (Lipinski definition) is 3. The Hall–Kier alpha value is 0.01000. The van der Waals surface area contributed by atoms with Gasteiger partial charge in [-0.1, -0.05) is 12.2 Å². The van der Waals surface area contributed by atoms with Crippen LogP contribution in [0.3, 0.4) is 0 Å². The first-order valence-corrected chi connectivity index (χ1v) is 2.02. The number of thiocarbonyl (C=S) groups is 1. The van der Waals surface area contributed by atoms with Gasteiger partial charge in [-0.05, 0) is 0 Å². The zero-order valence-corrected chi connectivity index (χ0v) is 3.98. The second-order valence-electron chi connectivity index (χ2n) is 0.886. The number of rotatable bonds is 2. The van der Waals surface area contributed by atoms with Crippen molar-refractivity contribution < 1.29 is 10.2 Å². The largest absolute Gasteiger partial charge is 0.393 e. The van der Waals surface area contributed by atoms with Crippen LogP contribution in [0.15, 0.2) is 0 Å². The third-order valence-corrected chi connectivity index (χ3v) is 0.658. The van der Waals surface area contributed by atoms with Gasteiger partial charge >= 0.3 is 0 Å². The van der Waals surface area contributed by atoms with Gasteiger partial charge in [0.2, 0.25) is 0 Å². The standard InChI is InChI=1S/C3H6O2S/c4-1-3(5)2-6/h2-5H,1H2/t3-/m1/s1. The van der Waals surface area contributed by atoms with E-state index >= 15 is 0 Å². The van der Waals surface area contributed by atoms with Crippen LogP contribution in [0.5, 0.6) is 0 Å². The van der Waals surface area contributed by atoms with E-state index in [1.54, 1.807) is 0 Å². The molecular formula is C3H6O2S. The topological polar surface area (TPSA) is 40.5 Å². The Morgan fingerprint density at radius 2 is 2.33 bits per heavy atom. The molecule has 1 atom stereocenters. The average molecular weight is 106 g/mol. The lowest BCUT2D eigenvalue weighted by atomic mass is 10.5. The van der Waals surface area contributed by atoms with Crippen LogP contribution in [0.4, 0.5) is 0 Å². The van der Waals surface area contributed by atoms with Gasteiger partial charge in [0.25, 0.3) is 0 Å². The maximum absolute atomic E-state index is 8.26. The van der Waals surface area contributed by atoms with Crippen molar-refractivity contribution >= 4 is 17.6 Å². The highest BCUT2D eigenvalue weighted by molar-refractivity contribution is 7.79. The van der Waals surface area contributed by atoms with E-state index in [0.717, 1.165) is 5.37 Å². The van der Waals surface area contributed by atoms with Gasteiger partial charge in [0.1, 0.15) is 6.10 Å². The van der Waals surface area contributed by atoms with E-state index in [-0.39, 0.29) is 6.61 Å². The zero-order chi connectivity index (χ0) is 4.99. The van der Waals surface area contributed by atoms with Crippen molar-refractivity contribution in [3.05, 3.63) is 0 Å². The molecule has 0 aliphatic heterocycles. The Bertz CT molecular complexity index is 46.1. The number of aliphatic hydroxyl groups is 2. The Labute approximate surface area is 41.4 Å². The van der Waals surface area contributed by atoms with Crippen molar-refractivity contribution in [1.82, 2.24) is 0 Å². The van der Waals surface area contributed by atoms with Gasteiger partial charge in [0.15, 0.2) is 0 Å². The third kappa shape index (κ3) is 2.26. The zero-order valence-electron chi connectivity index (χ0n) is 3.16. The van der Waals surface area contributed by atoms with Crippen LogP contribution in [0.25, 0.3) is 0 Å². The third-order valence-electron chi connectivity index (χ3n) is 0.344. The SMILES string of the molecule is OC[C@@H](O)C=S. The molecule has 0 saturated heterocycles.